The standard InChI is InChI=1S/C11H21N5O/c1-3-7-12-8-10-13-14-15-16(10)9-11(17-2)5-4-6-11/h12H,3-9H2,1-2H3. The predicted octanol–water partition coefficient (Wildman–Crippen LogP) is 0.742. The first-order valence-electron chi connectivity index (χ1n) is 6.30. The van der Waals surface area contributed by atoms with Gasteiger partial charge in [0.15, 0.2) is 5.82 Å². The van der Waals surface area contributed by atoms with Gasteiger partial charge in [0.1, 0.15) is 0 Å². The van der Waals surface area contributed by atoms with E-state index in [-0.39, 0.29) is 5.60 Å². The maximum absolute atomic E-state index is 5.59. The zero-order chi connectivity index (χ0) is 12.1. The van der Waals surface area contributed by atoms with Crippen molar-refractivity contribution in [1.82, 2.24) is 25.5 Å². The van der Waals surface area contributed by atoms with Crippen molar-refractivity contribution in [3.63, 3.8) is 0 Å². The Labute approximate surface area is 102 Å². The highest BCUT2D eigenvalue weighted by Crippen LogP contribution is 2.36. The van der Waals surface area contributed by atoms with E-state index in [1.807, 2.05) is 4.68 Å². The second-order valence-corrected chi connectivity index (χ2v) is 4.67. The second-order valence-electron chi connectivity index (χ2n) is 4.67. The van der Waals surface area contributed by atoms with E-state index in [0.29, 0.717) is 0 Å². The fourth-order valence-electron chi connectivity index (χ4n) is 2.12. The summed E-state index contributed by atoms with van der Waals surface area (Å²) in [5.41, 5.74) is -0.0329. The van der Waals surface area contributed by atoms with Gasteiger partial charge >= 0.3 is 0 Å². The average molecular weight is 239 g/mol. The summed E-state index contributed by atoms with van der Waals surface area (Å²) in [7, 11) is 1.78. The van der Waals surface area contributed by atoms with Crippen molar-refractivity contribution in [3.8, 4) is 0 Å². The van der Waals surface area contributed by atoms with E-state index < -0.39 is 0 Å². The molecule has 0 radical (unpaired) electrons. The van der Waals surface area contributed by atoms with Crippen molar-refractivity contribution in [2.75, 3.05) is 13.7 Å². The molecule has 1 N–H and O–H groups in total. The number of tetrazole rings is 1. The van der Waals surface area contributed by atoms with Crippen LogP contribution in [0.25, 0.3) is 0 Å². The quantitative estimate of drug-likeness (QED) is 0.711. The molecule has 1 saturated carbocycles. The Morgan fingerprint density at radius 1 is 1.47 bits per heavy atom. The fraction of sp³-hybridized carbons (Fsp3) is 0.909. The van der Waals surface area contributed by atoms with E-state index in [0.717, 1.165) is 44.7 Å². The van der Waals surface area contributed by atoms with Gasteiger partial charge in [-0.15, -0.1) is 5.10 Å². The molecule has 2 rings (SSSR count). The van der Waals surface area contributed by atoms with E-state index in [4.69, 9.17) is 4.74 Å². The Morgan fingerprint density at radius 3 is 2.88 bits per heavy atom. The molecule has 0 atom stereocenters. The SMILES string of the molecule is CCCNCc1nnnn1CC1(OC)CCC1. The molecule has 1 aliphatic carbocycles. The average Bonchev–Trinajstić information content (AvgIpc) is 2.71. The van der Waals surface area contributed by atoms with Gasteiger partial charge in [0.05, 0.1) is 18.7 Å². The van der Waals surface area contributed by atoms with Crippen LogP contribution in [0.5, 0.6) is 0 Å². The van der Waals surface area contributed by atoms with Crippen LogP contribution in [0.4, 0.5) is 0 Å². The predicted molar refractivity (Wildman–Crippen MR) is 63.4 cm³/mol. The summed E-state index contributed by atoms with van der Waals surface area (Å²) in [6.07, 6.45) is 4.55. The maximum atomic E-state index is 5.59. The Kier molecular flexibility index (Phi) is 4.06. The Bertz CT molecular complexity index is 342. The topological polar surface area (TPSA) is 64.9 Å². The van der Waals surface area contributed by atoms with Crippen LogP contribution in [0.15, 0.2) is 0 Å². The molecule has 1 fully saturated rings. The number of hydrogen-bond acceptors (Lipinski definition) is 5. The van der Waals surface area contributed by atoms with Gasteiger partial charge in [0, 0.05) is 7.11 Å². The molecule has 0 spiro atoms. The first-order valence-corrected chi connectivity index (χ1v) is 6.30. The summed E-state index contributed by atoms with van der Waals surface area (Å²) in [5, 5.41) is 15.2. The van der Waals surface area contributed by atoms with Crippen molar-refractivity contribution in [1.29, 1.82) is 0 Å². The molecule has 17 heavy (non-hydrogen) atoms. The smallest absolute Gasteiger partial charge is 0.165 e. The third-order valence-corrected chi connectivity index (χ3v) is 3.45. The molecule has 0 aliphatic heterocycles. The Balaban J connectivity index is 1.93. The Hall–Kier alpha value is -1.01. The molecule has 0 bridgehead atoms. The first-order chi connectivity index (χ1) is 8.29. The Morgan fingerprint density at radius 2 is 2.29 bits per heavy atom. The summed E-state index contributed by atoms with van der Waals surface area (Å²) in [6.45, 7) is 4.62. The third-order valence-electron chi connectivity index (χ3n) is 3.45. The van der Waals surface area contributed by atoms with E-state index in [9.17, 15) is 0 Å². The number of nitrogens with zero attached hydrogens (tertiary/aromatic N) is 4. The highest BCUT2D eigenvalue weighted by Gasteiger charge is 2.38. The van der Waals surface area contributed by atoms with Gasteiger partial charge in [-0.25, -0.2) is 4.68 Å². The highest BCUT2D eigenvalue weighted by atomic mass is 16.5. The molecule has 1 aromatic rings. The number of methoxy groups -OCH3 is 1. The molecule has 96 valence electrons. The van der Waals surface area contributed by atoms with Crippen molar-refractivity contribution in [3.05, 3.63) is 5.82 Å². The molecule has 0 aromatic carbocycles. The van der Waals surface area contributed by atoms with Crippen molar-refractivity contribution < 1.29 is 4.74 Å². The minimum atomic E-state index is -0.0329. The van der Waals surface area contributed by atoms with Crippen LogP contribution in [0, 0.1) is 0 Å². The molecule has 6 heteroatoms. The molecule has 1 aliphatic rings. The summed E-state index contributed by atoms with van der Waals surface area (Å²) < 4.78 is 7.46. The monoisotopic (exact) mass is 239 g/mol. The van der Waals surface area contributed by atoms with Crippen molar-refractivity contribution in [2.45, 2.75) is 51.3 Å². The molecule has 6 nitrogen and oxygen atoms in total. The van der Waals surface area contributed by atoms with Crippen LogP contribution in [0.1, 0.15) is 38.4 Å². The van der Waals surface area contributed by atoms with E-state index in [1.165, 1.54) is 6.42 Å². The van der Waals surface area contributed by atoms with E-state index >= 15 is 0 Å². The summed E-state index contributed by atoms with van der Waals surface area (Å²) >= 11 is 0. The second kappa shape index (κ2) is 5.55. The minimum Gasteiger partial charge on any atom is -0.376 e. The lowest BCUT2D eigenvalue weighted by molar-refractivity contribution is -0.0863. The molecular formula is C11H21N5O. The van der Waals surface area contributed by atoms with Gasteiger partial charge < -0.3 is 10.1 Å². The van der Waals surface area contributed by atoms with Crippen molar-refractivity contribution >= 4 is 0 Å². The van der Waals surface area contributed by atoms with Crippen LogP contribution in [0.2, 0.25) is 0 Å². The number of aromatic nitrogens is 4. The van der Waals surface area contributed by atoms with Gasteiger partial charge in [-0.05, 0) is 42.7 Å². The maximum Gasteiger partial charge on any atom is 0.165 e. The molecule has 1 heterocycles. The number of nitrogens with one attached hydrogen (secondary N) is 1. The lowest BCUT2D eigenvalue weighted by atomic mass is 9.80. The molecular weight excluding hydrogens is 218 g/mol. The number of rotatable bonds is 7. The van der Waals surface area contributed by atoms with Gasteiger partial charge in [-0.1, -0.05) is 6.92 Å². The summed E-state index contributed by atoms with van der Waals surface area (Å²) in [6, 6.07) is 0. The normalized spacial score (nSPS) is 18.0. The zero-order valence-corrected chi connectivity index (χ0v) is 10.6. The number of hydrogen-bond donors (Lipinski definition) is 1. The largest absolute Gasteiger partial charge is 0.376 e. The summed E-state index contributed by atoms with van der Waals surface area (Å²) in [4.78, 5) is 0. The van der Waals surface area contributed by atoms with Gasteiger partial charge in [-0.2, -0.15) is 0 Å². The molecule has 0 amide bonds. The van der Waals surface area contributed by atoms with Gasteiger partial charge in [0.25, 0.3) is 0 Å². The van der Waals surface area contributed by atoms with Crippen LogP contribution >= 0.6 is 0 Å². The molecule has 0 unspecified atom stereocenters. The summed E-state index contributed by atoms with van der Waals surface area (Å²) in [5.74, 6) is 0.891. The lowest BCUT2D eigenvalue weighted by Crippen LogP contribution is -2.44. The fourth-order valence-corrected chi connectivity index (χ4v) is 2.12. The van der Waals surface area contributed by atoms with Gasteiger partial charge in [0.2, 0.25) is 0 Å². The molecule has 1 aromatic heterocycles. The lowest BCUT2D eigenvalue weighted by Gasteiger charge is -2.40. The van der Waals surface area contributed by atoms with Crippen molar-refractivity contribution in [2.24, 2.45) is 0 Å². The highest BCUT2D eigenvalue weighted by molar-refractivity contribution is 4.92. The van der Waals surface area contributed by atoms with E-state index in [1.54, 1.807) is 7.11 Å². The first kappa shape index (κ1) is 12.4. The van der Waals surface area contributed by atoms with Gasteiger partial charge in [-0.3, -0.25) is 0 Å². The van der Waals surface area contributed by atoms with Crippen LogP contribution < -0.4 is 5.32 Å². The minimum absolute atomic E-state index is 0.0329. The zero-order valence-electron chi connectivity index (χ0n) is 10.6. The van der Waals surface area contributed by atoms with Crippen LogP contribution in [-0.4, -0.2) is 39.5 Å². The third kappa shape index (κ3) is 2.81. The van der Waals surface area contributed by atoms with E-state index in [2.05, 4.69) is 27.8 Å². The number of ether oxygens (including phenoxy) is 1. The molecule has 0 saturated heterocycles. The van der Waals surface area contributed by atoms with Crippen LogP contribution in [-0.2, 0) is 17.8 Å². The van der Waals surface area contributed by atoms with Crippen LogP contribution in [0.3, 0.4) is 0 Å².